The van der Waals surface area contributed by atoms with Crippen LogP contribution in [0, 0.1) is 12.8 Å². The summed E-state index contributed by atoms with van der Waals surface area (Å²) in [5.74, 6) is -0.737. The Morgan fingerprint density at radius 2 is 1.55 bits per heavy atom. The second-order valence-electron chi connectivity index (χ2n) is 14.1. The van der Waals surface area contributed by atoms with Crippen molar-refractivity contribution < 1.29 is 47.8 Å². The van der Waals surface area contributed by atoms with E-state index in [1.165, 1.54) is 32.4 Å². The van der Waals surface area contributed by atoms with Crippen LogP contribution in [0.4, 0.5) is 17.1 Å². The molecular weight excluding hydrogens is 774 g/mol. The highest BCUT2D eigenvalue weighted by atomic mass is 35.5. The first-order valence-corrected chi connectivity index (χ1v) is 20.6. The van der Waals surface area contributed by atoms with Crippen LogP contribution in [0.5, 0.6) is 0 Å². The number of nitrogens with zero attached hydrogens (tertiary/aromatic N) is 3. The number of halogens is 1. The summed E-state index contributed by atoms with van der Waals surface area (Å²) in [5, 5.41) is 11.4. The van der Waals surface area contributed by atoms with E-state index in [0.29, 0.717) is 16.9 Å². The van der Waals surface area contributed by atoms with Gasteiger partial charge < -0.3 is 26.8 Å². The Morgan fingerprint density at radius 1 is 0.821 bits per heavy atom. The van der Waals surface area contributed by atoms with Crippen molar-refractivity contribution in [2.75, 3.05) is 31.1 Å². The summed E-state index contributed by atoms with van der Waals surface area (Å²) >= 11 is 0. The molecule has 56 heavy (non-hydrogen) atoms. The highest BCUT2D eigenvalue weighted by Gasteiger charge is 2.35. The summed E-state index contributed by atoms with van der Waals surface area (Å²) in [5.41, 5.74) is 10.2. The summed E-state index contributed by atoms with van der Waals surface area (Å²) in [6, 6.07) is 34.7. The fourth-order valence-electron chi connectivity index (χ4n) is 8.28. The lowest BCUT2D eigenvalue weighted by molar-refractivity contribution is -0.142. The van der Waals surface area contributed by atoms with Gasteiger partial charge in [0, 0.05) is 83.3 Å². The van der Waals surface area contributed by atoms with Gasteiger partial charge in [-0.25, -0.2) is 8.42 Å². The van der Waals surface area contributed by atoms with Gasteiger partial charge in [0.2, 0.25) is 21.1 Å². The third-order valence-corrected chi connectivity index (χ3v) is 12.9. The second-order valence-corrected chi connectivity index (χ2v) is 16.4. The van der Waals surface area contributed by atoms with Crippen LogP contribution in [-0.2, 0) is 38.3 Å². The van der Waals surface area contributed by atoms with Crippen molar-refractivity contribution in [2.24, 2.45) is 5.92 Å². The quantitative estimate of drug-likeness (QED) is 0.205. The molecule has 0 saturated carbocycles. The number of para-hydroxylation sites is 1. The van der Waals surface area contributed by atoms with E-state index in [1.54, 1.807) is 12.1 Å². The number of benzene rings is 5. The predicted octanol–water partition coefficient (Wildman–Crippen LogP) is 3.35. The Labute approximate surface area is 332 Å². The van der Waals surface area contributed by atoms with Crippen molar-refractivity contribution in [3.05, 3.63) is 125 Å². The fourth-order valence-corrected chi connectivity index (χ4v) is 9.95. The predicted molar refractivity (Wildman–Crippen MR) is 209 cm³/mol. The van der Waals surface area contributed by atoms with E-state index in [0.717, 1.165) is 53.5 Å². The van der Waals surface area contributed by atoms with E-state index < -0.39 is 32.5 Å². The molecule has 14 heteroatoms. The van der Waals surface area contributed by atoms with Crippen LogP contribution in [0.1, 0.15) is 29.5 Å². The maximum Gasteiger partial charge on any atom is 0.425 e. The minimum atomic E-state index is -3.95. The molecule has 0 atom stereocenters. The molecule has 0 amide bonds. The summed E-state index contributed by atoms with van der Waals surface area (Å²) in [4.78, 5) is 14.2. The maximum atomic E-state index is 14.4. The maximum absolute atomic E-state index is 14.4. The average Bonchev–Trinajstić information content (AvgIpc) is 3.81. The number of carbonyl (C=O) groups is 1. The lowest BCUT2D eigenvalue weighted by atomic mass is 9.93. The van der Waals surface area contributed by atoms with E-state index in [4.69, 9.17) is 17.0 Å². The van der Waals surface area contributed by atoms with Crippen LogP contribution in [0.25, 0.3) is 33.4 Å². The van der Waals surface area contributed by atoms with Gasteiger partial charge in [0.1, 0.15) is 11.3 Å². The molecule has 0 unspecified atom stereocenters. The van der Waals surface area contributed by atoms with Gasteiger partial charge >= 0.3 is 16.6 Å². The molecule has 9 rings (SSSR count). The molecule has 0 bridgehead atoms. The largest absolute Gasteiger partial charge is 1.00 e. The van der Waals surface area contributed by atoms with E-state index in [9.17, 15) is 18.3 Å². The van der Waals surface area contributed by atoms with Crippen molar-refractivity contribution in [1.29, 1.82) is 0 Å². The minimum absolute atomic E-state index is 0. The third-order valence-electron chi connectivity index (χ3n) is 10.9. The monoisotopic (exact) mass is 811 g/mol. The molecule has 0 radical (unpaired) electrons. The molecule has 1 saturated heterocycles. The van der Waals surface area contributed by atoms with Crippen molar-refractivity contribution in [3.8, 4) is 22.5 Å². The Bertz CT molecular complexity index is 2770. The number of hydrogen-bond donors (Lipinski definition) is 1. The van der Waals surface area contributed by atoms with Crippen LogP contribution < -0.4 is 27.2 Å². The molecule has 288 valence electrons. The van der Waals surface area contributed by atoms with E-state index in [-0.39, 0.29) is 43.2 Å². The lowest BCUT2D eigenvalue weighted by Crippen LogP contribution is -3.00. The second kappa shape index (κ2) is 15.7. The van der Waals surface area contributed by atoms with Gasteiger partial charge in [0.15, 0.2) is 6.54 Å². The number of aryl methyl sites for hydroxylation is 1. The number of fused-ring (bicyclic) bond motifs is 4. The Morgan fingerprint density at radius 3 is 2.32 bits per heavy atom. The molecule has 4 heterocycles. The number of anilines is 2. The molecule has 5 aliphatic rings. The fraction of sp³-hybridized carbons (Fsp3) is 0.238. The van der Waals surface area contributed by atoms with Gasteiger partial charge in [-0.2, -0.15) is 8.88 Å². The SMILES string of the molecule is Cc1ccc2c(c1)CC[N+]2=c1ccc2c(-c3ccccc3S(=O)(=O)N3CCC(C(=O)O)CC3)c3ccc(N4CCc5ccccc54)cc3oc-2c1.O=S(=O)=O.[Cl-]. The summed E-state index contributed by atoms with van der Waals surface area (Å²) < 4.78 is 64.7. The van der Waals surface area contributed by atoms with Crippen LogP contribution in [-0.4, -0.2) is 62.6 Å². The number of aliphatic carboxylic acids is 1. The van der Waals surface area contributed by atoms with Gasteiger partial charge in [0.05, 0.1) is 16.9 Å². The van der Waals surface area contributed by atoms with Crippen LogP contribution >= 0.6 is 0 Å². The molecular formula is C42H38ClN3O8S2. The summed E-state index contributed by atoms with van der Waals surface area (Å²) in [6.45, 7) is 4.18. The first kappa shape index (κ1) is 38.9. The Balaban J connectivity index is 0.000000919. The minimum Gasteiger partial charge on any atom is -1.00 e. The van der Waals surface area contributed by atoms with E-state index >= 15 is 0 Å². The zero-order valence-electron chi connectivity index (χ0n) is 30.4. The first-order valence-electron chi connectivity index (χ1n) is 18.1. The zero-order valence-corrected chi connectivity index (χ0v) is 32.8. The average molecular weight is 812 g/mol. The lowest BCUT2D eigenvalue weighted by Gasteiger charge is -2.30. The molecule has 0 aromatic heterocycles. The Kier molecular flexibility index (Phi) is 10.9. The number of rotatable bonds is 5. The molecule has 4 aliphatic heterocycles. The van der Waals surface area contributed by atoms with Gasteiger partial charge in [-0.1, -0.05) is 48.0 Å². The summed E-state index contributed by atoms with van der Waals surface area (Å²) in [7, 11) is -7.06. The Hall–Kier alpha value is -5.34. The number of sulfonamides is 1. The van der Waals surface area contributed by atoms with Gasteiger partial charge in [-0.15, -0.1) is 12.6 Å². The standard InChI is InChI=1S/C42H37N3O5S.ClH.O3S/c1-27-10-15-37-30(24-27)19-23-45(37)32-12-14-34-39(26-32)50-38-25-31(44-22-18-28-6-2-4-8-36(28)44)11-13-33(38)41(34)35-7-3-5-9-40(35)51(48,49)43-20-16-29(17-21-43)42(46)47;;1-4(2)3/h2-15,24-26,29H,16-23H2,1H3;1H;. The zero-order chi connectivity index (χ0) is 38.4. The molecule has 0 spiro atoms. The van der Waals surface area contributed by atoms with Crippen LogP contribution in [0.3, 0.4) is 0 Å². The number of carboxylic acids is 1. The highest BCUT2D eigenvalue weighted by Crippen LogP contribution is 2.45. The molecule has 4 aromatic rings. The summed E-state index contributed by atoms with van der Waals surface area (Å²) in [6.07, 6.45) is 2.50. The molecule has 1 fully saturated rings. The van der Waals surface area contributed by atoms with Crippen molar-refractivity contribution in [3.63, 3.8) is 0 Å². The molecule has 1 aliphatic carbocycles. The topological polar surface area (TPSA) is 145 Å². The van der Waals surface area contributed by atoms with Crippen molar-refractivity contribution in [1.82, 2.24) is 8.88 Å². The normalized spacial score (nSPS) is 16.5. The van der Waals surface area contributed by atoms with E-state index in [2.05, 4.69) is 95.3 Å². The van der Waals surface area contributed by atoms with Crippen molar-refractivity contribution in [2.45, 2.75) is 37.5 Å². The van der Waals surface area contributed by atoms with Crippen LogP contribution in [0.2, 0.25) is 0 Å². The van der Waals surface area contributed by atoms with E-state index in [1.807, 2.05) is 12.1 Å². The first-order chi connectivity index (χ1) is 26.5. The van der Waals surface area contributed by atoms with Gasteiger partial charge in [-0.05, 0) is 68.1 Å². The van der Waals surface area contributed by atoms with Crippen LogP contribution in [0.15, 0.2) is 112 Å². The number of piperidine rings is 1. The number of hydrogen-bond acceptors (Lipinski definition) is 8. The third kappa shape index (κ3) is 7.23. The molecule has 11 nitrogen and oxygen atoms in total. The smallest absolute Gasteiger partial charge is 0.425 e. The molecule has 1 N–H and O–H groups in total. The number of carboxylic acid groups (broad SMARTS) is 1. The van der Waals surface area contributed by atoms with Gasteiger partial charge in [0.25, 0.3) is 0 Å². The van der Waals surface area contributed by atoms with Gasteiger partial charge in [-0.3, -0.25) is 4.79 Å². The molecule has 4 aromatic carbocycles. The highest BCUT2D eigenvalue weighted by molar-refractivity contribution is 7.89. The van der Waals surface area contributed by atoms with Crippen molar-refractivity contribution >= 4 is 54.6 Å².